The van der Waals surface area contributed by atoms with E-state index in [1.807, 2.05) is 6.92 Å². The summed E-state index contributed by atoms with van der Waals surface area (Å²) in [4.78, 5) is 35.5. The Labute approximate surface area is 118 Å². The molecule has 0 aromatic carbocycles. The number of likely N-dealkylation sites (tertiary alicyclic amines) is 1. The number of carboxylic acid groups (broad SMARTS) is 1. The highest BCUT2D eigenvalue weighted by atomic mass is 16.4. The lowest BCUT2D eigenvalue weighted by Gasteiger charge is -2.37. The summed E-state index contributed by atoms with van der Waals surface area (Å²) in [7, 11) is 0. The number of urea groups is 1. The third-order valence-electron chi connectivity index (χ3n) is 3.71. The van der Waals surface area contributed by atoms with Crippen molar-refractivity contribution in [1.82, 2.24) is 10.2 Å². The number of piperidine rings is 1. The zero-order valence-corrected chi connectivity index (χ0v) is 12.0. The van der Waals surface area contributed by atoms with Crippen LogP contribution in [-0.2, 0) is 9.59 Å². The Morgan fingerprint density at radius 1 is 1.45 bits per heavy atom. The van der Waals surface area contributed by atoms with Crippen LogP contribution in [0.1, 0.15) is 39.5 Å². The van der Waals surface area contributed by atoms with E-state index in [0.717, 1.165) is 12.8 Å². The summed E-state index contributed by atoms with van der Waals surface area (Å²) in [6, 6.07) is -1.64. The molecule has 0 saturated carbocycles. The molecule has 0 bridgehead atoms. The molecule has 1 aliphatic rings. The third kappa shape index (κ3) is 4.40. The number of primary amides is 1. The Bertz CT molecular complexity index is 386. The topological polar surface area (TPSA) is 113 Å². The predicted molar refractivity (Wildman–Crippen MR) is 72.9 cm³/mol. The van der Waals surface area contributed by atoms with Gasteiger partial charge in [0.05, 0.1) is 0 Å². The predicted octanol–water partition coefficient (Wildman–Crippen LogP) is 0.535. The number of aliphatic carboxylic acids is 1. The van der Waals surface area contributed by atoms with E-state index in [1.54, 1.807) is 6.92 Å². The van der Waals surface area contributed by atoms with Gasteiger partial charge >= 0.3 is 12.0 Å². The fourth-order valence-electron chi connectivity index (χ4n) is 2.53. The van der Waals surface area contributed by atoms with E-state index in [1.165, 1.54) is 4.90 Å². The van der Waals surface area contributed by atoms with E-state index in [9.17, 15) is 19.5 Å². The van der Waals surface area contributed by atoms with Gasteiger partial charge in [0.2, 0.25) is 5.91 Å². The summed E-state index contributed by atoms with van der Waals surface area (Å²) in [5.41, 5.74) is 5.06. The summed E-state index contributed by atoms with van der Waals surface area (Å²) in [6.07, 6.45) is 2.23. The van der Waals surface area contributed by atoms with E-state index >= 15 is 0 Å². The Morgan fingerprint density at radius 2 is 2.10 bits per heavy atom. The molecule has 3 amide bonds. The zero-order valence-electron chi connectivity index (χ0n) is 12.0. The van der Waals surface area contributed by atoms with Crippen molar-refractivity contribution >= 4 is 17.9 Å². The highest BCUT2D eigenvalue weighted by Crippen LogP contribution is 2.25. The van der Waals surface area contributed by atoms with Crippen LogP contribution in [0.4, 0.5) is 4.79 Å². The highest BCUT2D eigenvalue weighted by Gasteiger charge is 2.35. The smallest absolute Gasteiger partial charge is 0.326 e. The van der Waals surface area contributed by atoms with Crippen LogP contribution < -0.4 is 11.1 Å². The first kappa shape index (κ1) is 16.3. The number of nitrogens with one attached hydrogen (secondary N) is 1. The fourth-order valence-corrected chi connectivity index (χ4v) is 2.53. The lowest BCUT2D eigenvalue weighted by molar-refractivity contribution is -0.144. The molecule has 1 fully saturated rings. The van der Waals surface area contributed by atoms with Gasteiger partial charge in [-0.15, -0.1) is 0 Å². The van der Waals surface area contributed by atoms with Crippen LogP contribution in [0.3, 0.4) is 0 Å². The summed E-state index contributed by atoms with van der Waals surface area (Å²) in [6.45, 7) is 4.11. The van der Waals surface area contributed by atoms with Gasteiger partial charge in [0, 0.05) is 19.0 Å². The van der Waals surface area contributed by atoms with Crippen LogP contribution in [0.5, 0.6) is 0 Å². The molecule has 0 aromatic rings. The summed E-state index contributed by atoms with van der Waals surface area (Å²) >= 11 is 0. The minimum absolute atomic E-state index is 0.0366. The first-order valence-electron chi connectivity index (χ1n) is 6.93. The zero-order chi connectivity index (χ0) is 15.3. The number of hydrogen-bond acceptors (Lipinski definition) is 3. The molecule has 7 nitrogen and oxygen atoms in total. The van der Waals surface area contributed by atoms with Crippen molar-refractivity contribution < 1.29 is 19.5 Å². The molecule has 1 aliphatic heterocycles. The normalized spacial score (nSPS) is 24.0. The molecule has 0 aliphatic carbocycles. The minimum Gasteiger partial charge on any atom is -0.480 e. The lowest BCUT2D eigenvalue weighted by Crippen LogP contribution is -2.55. The van der Waals surface area contributed by atoms with Crippen molar-refractivity contribution in [2.75, 3.05) is 6.54 Å². The van der Waals surface area contributed by atoms with Crippen LogP contribution >= 0.6 is 0 Å². The van der Waals surface area contributed by atoms with Crippen molar-refractivity contribution in [3.63, 3.8) is 0 Å². The number of carboxylic acids is 1. The molecule has 114 valence electrons. The van der Waals surface area contributed by atoms with Crippen molar-refractivity contribution in [3.05, 3.63) is 0 Å². The molecule has 4 N–H and O–H groups in total. The van der Waals surface area contributed by atoms with Crippen molar-refractivity contribution in [2.24, 2.45) is 11.7 Å². The van der Waals surface area contributed by atoms with Crippen LogP contribution in [0.15, 0.2) is 0 Å². The molecule has 3 atom stereocenters. The van der Waals surface area contributed by atoms with Crippen molar-refractivity contribution in [2.45, 2.75) is 51.6 Å². The highest BCUT2D eigenvalue weighted by molar-refractivity contribution is 5.83. The number of carbonyl (C=O) groups is 3. The Hall–Kier alpha value is -1.79. The summed E-state index contributed by atoms with van der Waals surface area (Å²) < 4.78 is 0. The maximum atomic E-state index is 12.1. The maximum absolute atomic E-state index is 12.1. The number of nitrogens with zero attached hydrogens (tertiary/aromatic N) is 1. The molecule has 3 unspecified atom stereocenters. The Morgan fingerprint density at radius 3 is 2.60 bits per heavy atom. The maximum Gasteiger partial charge on any atom is 0.326 e. The summed E-state index contributed by atoms with van der Waals surface area (Å²) in [5.74, 6) is -1.15. The molecule has 7 heteroatoms. The molecule has 0 radical (unpaired) electrons. The lowest BCUT2D eigenvalue weighted by atomic mass is 9.89. The Balaban J connectivity index is 2.65. The molecule has 20 heavy (non-hydrogen) atoms. The molecule has 1 saturated heterocycles. The number of amides is 3. The van der Waals surface area contributed by atoms with E-state index in [0.29, 0.717) is 18.9 Å². The van der Waals surface area contributed by atoms with E-state index < -0.39 is 30.0 Å². The van der Waals surface area contributed by atoms with Crippen LogP contribution in [-0.4, -0.2) is 46.5 Å². The van der Waals surface area contributed by atoms with Gasteiger partial charge in [-0.2, -0.15) is 0 Å². The van der Waals surface area contributed by atoms with Crippen molar-refractivity contribution in [1.29, 1.82) is 0 Å². The molecular weight excluding hydrogens is 262 g/mol. The van der Waals surface area contributed by atoms with E-state index in [4.69, 9.17) is 5.73 Å². The first-order valence-corrected chi connectivity index (χ1v) is 6.93. The molecular formula is C13H23N3O4. The largest absolute Gasteiger partial charge is 0.480 e. The van der Waals surface area contributed by atoms with Crippen LogP contribution in [0, 0.1) is 5.92 Å². The second-order valence-corrected chi connectivity index (χ2v) is 5.37. The van der Waals surface area contributed by atoms with Crippen molar-refractivity contribution in [3.8, 4) is 0 Å². The number of carbonyl (C=O) groups excluding carboxylic acids is 2. The summed E-state index contributed by atoms with van der Waals surface area (Å²) in [5, 5.41) is 11.9. The SMILES string of the molecule is CCC1CCN(C(=O)NC(C)CC(N)=O)C(C(=O)O)C1. The van der Waals surface area contributed by atoms with Gasteiger partial charge < -0.3 is 21.1 Å². The average molecular weight is 285 g/mol. The third-order valence-corrected chi connectivity index (χ3v) is 3.71. The van der Waals surface area contributed by atoms with Crippen LogP contribution in [0.2, 0.25) is 0 Å². The van der Waals surface area contributed by atoms with Gasteiger partial charge in [-0.05, 0) is 25.7 Å². The number of nitrogens with two attached hydrogens (primary N) is 1. The molecule has 1 heterocycles. The number of hydrogen-bond donors (Lipinski definition) is 3. The standard InChI is InChI=1S/C13H23N3O4/c1-3-9-4-5-16(10(7-9)12(18)19)13(20)15-8(2)6-11(14)17/h8-10H,3-7H2,1-2H3,(H2,14,17)(H,15,20)(H,18,19). The van der Waals surface area contributed by atoms with Gasteiger partial charge in [0.15, 0.2) is 0 Å². The van der Waals surface area contributed by atoms with Gasteiger partial charge in [0.25, 0.3) is 0 Å². The van der Waals surface area contributed by atoms with Gasteiger partial charge in [-0.25, -0.2) is 9.59 Å². The molecule has 0 aromatic heterocycles. The van der Waals surface area contributed by atoms with Gasteiger partial charge in [-0.3, -0.25) is 4.79 Å². The second kappa shape index (κ2) is 7.12. The van der Waals surface area contributed by atoms with Gasteiger partial charge in [0.1, 0.15) is 6.04 Å². The van der Waals surface area contributed by atoms with Crippen LogP contribution in [0.25, 0.3) is 0 Å². The van der Waals surface area contributed by atoms with E-state index in [-0.39, 0.29) is 6.42 Å². The molecule has 1 rings (SSSR count). The average Bonchev–Trinajstić information content (AvgIpc) is 2.36. The monoisotopic (exact) mass is 285 g/mol. The number of rotatable bonds is 5. The van der Waals surface area contributed by atoms with Gasteiger partial charge in [-0.1, -0.05) is 13.3 Å². The van der Waals surface area contributed by atoms with E-state index in [2.05, 4.69) is 5.32 Å². The first-order chi connectivity index (χ1) is 9.35. The second-order valence-electron chi connectivity index (χ2n) is 5.37. The Kier molecular flexibility index (Phi) is 5.79. The minimum atomic E-state index is -0.985. The fraction of sp³-hybridized carbons (Fsp3) is 0.769. The quantitative estimate of drug-likeness (QED) is 0.684. The molecule has 0 spiro atoms.